The Morgan fingerprint density at radius 2 is 2.04 bits per heavy atom. The van der Waals surface area contributed by atoms with E-state index in [-0.39, 0.29) is 0 Å². The normalized spacial score (nSPS) is 13.4. The lowest BCUT2D eigenvalue weighted by molar-refractivity contribution is 0.0694. The molecule has 1 aliphatic rings. The molecular weight excluding hydrogens is 356 g/mol. The number of methoxy groups -OCH3 is 1. The molecular formula is C22H24N2O4. The summed E-state index contributed by atoms with van der Waals surface area (Å²) in [5.41, 5.74) is 4.66. The van der Waals surface area contributed by atoms with Crippen LogP contribution in [0.3, 0.4) is 0 Å². The number of aliphatic hydroxyl groups is 1. The highest BCUT2D eigenvalue weighted by Gasteiger charge is 2.21. The van der Waals surface area contributed by atoms with Gasteiger partial charge in [-0.1, -0.05) is 12.1 Å². The van der Waals surface area contributed by atoms with E-state index in [4.69, 9.17) is 9.84 Å². The van der Waals surface area contributed by atoms with Crippen LogP contribution in [0.25, 0.3) is 10.9 Å². The molecule has 0 fully saturated rings. The van der Waals surface area contributed by atoms with Crippen LogP contribution >= 0.6 is 0 Å². The van der Waals surface area contributed by atoms with Crippen LogP contribution in [-0.4, -0.2) is 46.8 Å². The molecule has 1 aromatic heterocycles. The average molecular weight is 380 g/mol. The first kappa shape index (κ1) is 19.8. The second kappa shape index (κ2) is 8.82. The van der Waals surface area contributed by atoms with Gasteiger partial charge in [0.25, 0.3) is 0 Å². The van der Waals surface area contributed by atoms with Gasteiger partial charge < -0.3 is 14.9 Å². The number of carbonyl (C=O) groups is 1. The van der Waals surface area contributed by atoms with Crippen LogP contribution in [-0.2, 0) is 19.5 Å². The molecule has 28 heavy (non-hydrogen) atoms. The molecule has 6 heteroatoms. The zero-order chi connectivity index (χ0) is 20.1. The highest BCUT2D eigenvalue weighted by Crippen LogP contribution is 2.27. The first-order chi connectivity index (χ1) is 13.7. The van der Waals surface area contributed by atoms with Crippen molar-refractivity contribution in [2.75, 3.05) is 20.8 Å². The van der Waals surface area contributed by atoms with Crippen LogP contribution in [0.15, 0.2) is 48.7 Å². The minimum atomic E-state index is -0.843. The number of pyridine rings is 1. The summed E-state index contributed by atoms with van der Waals surface area (Å²) in [6.07, 6.45) is 2.59. The van der Waals surface area contributed by atoms with Gasteiger partial charge in [0.1, 0.15) is 5.75 Å². The third-order valence-corrected chi connectivity index (χ3v) is 5.01. The number of carboxylic acid groups (broad SMARTS) is 1. The van der Waals surface area contributed by atoms with E-state index < -0.39 is 5.97 Å². The lowest BCUT2D eigenvalue weighted by Crippen LogP contribution is -2.31. The van der Waals surface area contributed by atoms with Crippen LogP contribution in [0.4, 0.5) is 0 Å². The predicted octanol–water partition coefficient (Wildman–Crippen LogP) is 3.11. The smallest absolute Gasteiger partial charge is 0.335 e. The van der Waals surface area contributed by atoms with Gasteiger partial charge in [-0.25, -0.2) is 4.79 Å². The van der Waals surface area contributed by atoms with Gasteiger partial charge in [-0.3, -0.25) is 9.88 Å². The Kier molecular flexibility index (Phi) is 6.23. The Labute approximate surface area is 164 Å². The monoisotopic (exact) mass is 380 g/mol. The molecule has 2 aromatic carbocycles. The standard InChI is InChI=1S/C21H20N2O3.CH4O/c1-26-16-5-6-18-15(7-9-22-20(18)11-16)13-23-10-8-17-14(12-23)3-2-4-19(17)21(24)25;1-2/h2-7,9,11H,8,10,12-13H2,1H3,(H,24,25);2H,1H3. The maximum absolute atomic E-state index is 11.4. The number of aromatic carboxylic acids is 1. The van der Waals surface area contributed by atoms with E-state index in [2.05, 4.69) is 22.0 Å². The number of carboxylic acids is 1. The number of hydrogen-bond acceptors (Lipinski definition) is 5. The molecule has 3 aromatic rings. The summed E-state index contributed by atoms with van der Waals surface area (Å²) in [6, 6.07) is 13.6. The minimum Gasteiger partial charge on any atom is -0.497 e. The summed E-state index contributed by atoms with van der Waals surface area (Å²) in [5.74, 6) is -0.0420. The Morgan fingerprint density at radius 3 is 2.79 bits per heavy atom. The molecule has 6 nitrogen and oxygen atoms in total. The van der Waals surface area contributed by atoms with Gasteiger partial charge in [-0.2, -0.15) is 0 Å². The van der Waals surface area contributed by atoms with Gasteiger partial charge in [-0.15, -0.1) is 0 Å². The summed E-state index contributed by atoms with van der Waals surface area (Å²) in [6.45, 7) is 2.41. The molecule has 0 saturated heterocycles. The second-order valence-corrected chi connectivity index (χ2v) is 6.56. The van der Waals surface area contributed by atoms with E-state index in [1.165, 1.54) is 5.56 Å². The average Bonchev–Trinajstić information content (AvgIpc) is 2.74. The number of hydrogen-bond donors (Lipinski definition) is 2. The molecule has 0 radical (unpaired) electrons. The van der Waals surface area contributed by atoms with Crippen molar-refractivity contribution >= 4 is 16.9 Å². The van der Waals surface area contributed by atoms with E-state index in [0.29, 0.717) is 5.56 Å². The molecule has 0 spiro atoms. The Bertz CT molecular complexity index is 987. The van der Waals surface area contributed by atoms with Crippen LogP contribution < -0.4 is 4.74 Å². The van der Waals surface area contributed by atoms with Crippen LogP contribution in [0.2, 0.25) is 0 Å². The lowest BCUT2D eigenvalue weighted by atomic mass is 9.94. The number of aliphatic hydroxyl groups excluding tert-OH is 1. The molecule has 0 aliphatic carbocycles. The largest absolute Gasteiger partial charge is 0.497 e. The van der Waals surface area contributed by atoms with E-state index >= 15 is 0 Å². The van der Waals surface area contributed by atoms with Crippen molar-refractivity contribution in [1.82, 2.24) is 9.88 Å². The van der Waals surface area contributed by atoms with Gasteiger partial charge in [0.05, 0.1) is 18.2 Å². The van der Waals surface area contributed by atoms with Gasteiger partial charge >= 0.3 is 5.97 Å². The Hall–Kier alpha value is -2.96. The van der Waals surface area contributed by atoms with E-state index in [9.17, 15) is 9.90 Å². The predicted molar refractivity (Wildman–Crippen MR) is 108 cm³/mol. The molecule has 0 bridgehead atoms. The Morgan fingerprint density at radius 1 is 1.21 bits per heavy atom. The SMILES string of the molecule is CO.COc1ccc2c(CN3CCc4c(cccc4C(=O)O)C3)ccnc2c1. The first-order valence-electron chi connectivity index (χ1n) is 9.08. The van der Waals surface area contributed by atoms with E-state index in [1.807, 2.05) is 30.5 Å². The van der Waals surface area contributed by atoms with Crippen molar-refractivity contribution in [3.63, 3.8) is 0 Å². The summed E-state index contributed by atoms with van der Waals surface area (Å²) in [5, 5.41) is 17.5. The van der Waals surface area contributed by atoms with Gasteiger partial charge in [0.2, 0.25) is 0 Å². The molecule has 2 heterocycles. The number of fused-ring (bicyclic) bond motifs is 2. The fourth-order valence-corrected chi connectivity index (χ4v) is 3.70. The molecule has 0 unspecified atom stereocenters. The first-order valence-corrected chi connectivity index (χ1v) is 9.08. The molecule has 1 aliphatic heterocycles. The van der Waals surface area contributed by atoms with Crippen molar-refractivity contribution in [1.29, 1.82) is 0 Å². The van der Waals surface area contributed by atoms with Crippen LogP contribution in [0, 0.1) is 0 Å². The fourth-order valence-electron chi connectivity index (χ4n) is 3.70. The quantitative estimate of drug-likeness (QED) is 0.724. The highest BCUT2D eigenvalue weighted by atomic mass is 16.5. The minimum absolute atomic E-state index is 0.434. The number of ether oxygens (including phenoxy) is 1. The molecule has 2 N–H and O–H groups in total. The number of nitrogens with zero attached hydrogens (tertiary/aromatic N) is 2. The zero-order valence-corrected chi connectivity index (χ0v) is 16.1. The van der Waals surface area contributed by atoms with Crippen LogP contribution in [0.5, 0.6) is 5.75 Å². The zero-order valence-electron chi connectivity index (χ0n) is 16.1. The van der Waals surface area contributed by atoms with E-state index in [1.54, 1.807) is 13.2 Å². The third kappa shape index (κ3) is 3.98. The topological polar surface area (TPSA) is 82.9 Å². The lowest BCUT2D eigenvalue weighted by Gasteiger charge is -2.29. The maximum Gasteiger partial charge on any atom is 0.335 e. The summed E-state index contributed by atoms with van der Waals surface area (Å²) >= 11 is 0. The van der Waals surface area contributed by atoms with Gasteiger partial charge in [-0.05, 0) is 47.4 Å². The number of rotatable bonds is 4. The molecule has 0 saturated carbocycles. The van der Waals surface area contributed by atoms with Crippen molar-refractivity contribution in [2.24, 2.45) is 0 Å². The maximum atomic E-state index is 11.4. The van der Waals surface area contributed by atoms with E-state index in [0.717, 1.165) is 60.9 Å². The summed E-state index contributed by atoms with van der Waals surface area (Å²) in [7, 11) is 2.65. The molecule has 146 valence electrons. The van der Waals surface area contributed by atoms with Crippen molar-refractivity contribution < 1.29 is 19.7 Å². The Balaban J connectivity index is 0.00000109. The second-order valence-electron chi connectivity index (χ2n) is 6.56. The van der Waals surface area contributed by atoms with Crippen molar-refractivity contribution in [3.05, 3.63) is 70.9 Å². The molecule has 4 rings (SSSR count). The van der Waals surface area contributed by atoms with Crippen molar-refractivity contribution in [3.8, 4) is 5.75 Å². The number of benzene rings is 2. The van der Waals surface area contributed by atoms with Crippen molar-refractivity contribution in [2.45, 2.75) is 19.5 Å². The van der Waals surface area contributed by atoms with Gasteiger partial charge in [0.15, 0.2) is 0 Å². The highest BCUT2D eigenvalue weighted by molar-refractivity contribution is 5.90. The summed E-state index contributed by atoms with van der Waals surface area (Å²) in [4.78, 5) is 18.2. The molecule has 0 atom stereocenters. The number of aromatic nitrogens is 1. The third-order valence-electron chi connectivity index (χ3n) is 5.01. The molecule has 0 amide bonds. The fraction of sp³-hybridized carbons (Fsp3) is 0.273. The summed E-state index contributed by atoms with van der Waals surface area (Å²) < 4.78 is 5.28. The van der Waals surface area contributed by atoms with Gasteiger partial charge in [0, 0.05) is 44.4 Å². The van der Waals surface area contributed by atoms with Crippen LogP contribution in [0.1, 0.15) is 27.0 Å².